The van der Waals surface area contributed by atoms with Crippen LogP contribution in [0.2, 0.25) is 0 Å². The van der Waals surface area contributed by atoms with Crippen LogP contribution in [0.25, 0.3) is 0 Å². The summed E-state index contributed by atoms with van der Waals surface area (Å²) >= 11 is 2.07. The van der Waals surface area contributed by atoms with E-state index in [4.69, 9.17) is 10.3 Å². The van der Waals surface area contributed by atoms with Crippen LogP contribution in [0.3, 0.4) is 0 Å². The van der Waals surface area contributed by atoms with E-state index in [2.05, 4.69) is 44.4 Å². The molecule has 0 unspecified atom stereocenters. The van der Waals surface area contributed by atoms with Crippen LogP contribution >= 0.6 is 22.6 Å². The summed E-state index contributed by atoms with van der Waals surface area (Å²) < 4.78 is 6.16. The van der Waals surface area contributed by atoms with E-state index in [1.54, 1.807) is 13.0 Å². The third kappa shape index (κ3) is 7.17. The third-order valence-corrected chi connectivity index (χ3v) is 7.58. The Morgan fingerprint density at radius 2 is 2.00 bits per heavy atom. The van der Waals surface area contributed by atoms with Gasteiger partial charge in [0.1, 0.15) is 11.5 Å². The lowest BCUT2D eigenvalue weighted by Gasteiger charge is -2.34. The molecule has 2 aliphatic rings. The lowest BCUT2D eigenvalue weighted by molar-refractivity contribution is -0.136. The summed E-state index contributed by atoms with van der Waals surface area (Å²) in [5.41, 5.74) is 7.55. The highest BCUT2D eigenvalue weighted by Gasteiger charge is 2.30. The molecule has 0 radical (unpaired) electrons. The number of nitrogens with one attached hydrogen (secondary N) is 2. The van der Waals surface area contributed by atoms with Crippen molar-refractivity contribution in [2.45, 2.75) is 63.6 Å². The molecule has 0 bridgehead atoms. The maximum absolute atomic E-state index is 13.4. The van der Waals surface area contributed by atoms with Crippen molar-refractivity contribution < 1.29 is 19.2 Å². The number of carbonyl (C=O) groups excluding carboxylic acids is 2. The Morgan fingerprint density at radius 1 is 1.26 bits per heavy atom. The molecule has 0 spiro atoms. The first-order chi connectivity index (χ1) is 16.8. The van der Waals surface area contributed by atoms with Crippen molar-refractivity contribution in [1.29, 1.82) is 0 Å². The van der Waals surface area contributed by atoms with Crippen molar-refractivity contribution in [3.63, 3.8) is 0 Å². The number of rotatable bonds is 10. The molecular weight excluding hydrogens is 561 g/mol. The smallest absolute Gasteiger partial charge is 0.236 e. The predicted molar refractivity (Wildman–Crippen MR) is 140 cm³/mol. The first-order valence-electron chi connectivity index (χ1n) is 12.3. The van der Waals surface area contributed by atoms with Gasteiger partial charge in [-0.1, -0.05) is 11.2 Å². The summed E-state index contributed by atoms with van der Waals surface area (Å²) in [4.78, 5) is 27.4. The number of carbonyl (C=O) groups is 2. The average molecular weight is 595 g/mol. The second kappa shape index (κ2) is 11.7. The van der Waals surface area contributed by atoms with Crippen molar-refractivity contribution in [3.8, 4) is 5.75 Å². The second-order valence-corrected chi connectivity index (χ2v) is 10.9. The predicted octanol–water partition coefficient (Wildman–Crippen LogP) is 2.27. The molecule has 9 nitrogen and oxygen atoms in total. The molecule has 1 aliphatic carbocycles. The topological polar surface area (TPSA) is 134 Å². The summed E-state index contributed by atoms with van der Waals surface area (Å²) in [6.45, 7) is 3.84. The van der Waals surface area contributed by atoms with Gasteiger partial charge >= 0.3 is 0 Å². The van der Waals surface area contributed by atoms with Gasteiger partial charge in [-0.25, -0.2) is 0 Å². The molecule has 2 heterocycles. The molecule has 4 rings (SSSR count). The number of likely N-dealkylation sites (tertiary alicyclic amines) is 1. The van der Waals surface area contributed by atoms with E-state index < -0.39 is 12.0 Å². The second-order valence-electron chi connectivity index (χ2n) is 9.70. The van der Waals surface area contributed by atoms with E-state index in [9.17, 15) is 14.7 Å². The van der Waals surface area contributed by atoms with Gasteiger partial charge < -0.3 is 30.9 Å². The Balaban J connectivity index is 1.31. The Labute approximate surface area is 219 Å². The molecule has 2 aromatic rings. The third-order valence-electron chi connectivity index (χ3n) is 6.72. The number of halogens is 1. The lowest BCUT2D eigenvalue weighted by atomic mass is 9.95. The molecule has 1 saturated carbocycles. The largest absolute Gasteiger partial charge is 0.507 e. The number of nitrogens with two attached hydrogens (primary N) is 1. The summed E-state index contributed by atoms with van der Waals surface area (Å²) in [6.07, 6.45) is 4.57. The van der Waals surface area contributed by atoms with Crippen molar-refractivity contribution in [2.75, 3.05) is 19.6 Å². The molecule has 2 amide bonds. The van der Waals surface area contributed by atoms with Crippen LogP contribution in [0.5, 0.6) is 5.75 Å². The number of phenolic OH excluding ortho intramolecular Hbond substituents is 1. The highest BCUT2D eigenvalue weighted by atomic mass is 127. The molecular formula is C25H34IN5O4. The van der Waals surface area contributed by atoms with Crippen LogP contribution in [-0.4, -0.2) is 58.7 Å². The molecule has 1 saturated heterocycles. The van der Waals surface area contributed by atoms with E-state index >= 15 is 0 Å². The van der Waals surface area contributed by atoms with Crippen molar-refractivity contribution in [3.05, 3.63) is 44.9 Å². The van der Waals surface area contributed by atoms with E-state index in [0.29, 0.717) is 38.0 Å². The van der Waals surface area contributed by atoms with Gasteiger partial charge in [-0.3, -0.25) is 9.59 Å². The maximum atomic E-state index is 13.4. The number of aromatic hydroxyl groups is 1. The number of aromatic nitrogens is 1. The first-order valence-corrected chi connectivity index (χ1v) is 13.4. The molecule has 1 aromatic carbocycles. The fourth-order valence-corrected chi connectivity index (χ4v) is 4.96. The van der Waals surface area contributed by atoms with Gasteiger partial charge in [0.05, 0.1) is 21.2 Å². The number of hydrogen-bond donors (Lipinski definition) is 4. The Morgan fingerprint density at radius 3 is 2.66 bits per heavy atom. The number of hydrogen-bond acceptors (Lipinski definition) is 7. The molecule has 1 aromatic heterocycles. The number of phenols is 1. The minimum Gasteiger partial charge on any atom is -0.507 e. The van der Waals surface area contributed by atoms with Crippen LogP contribution in [0, 0.1) is 9.49 Å². The van der Waals surface area contributed by atoms with E-state index in [-0.39, 0.29) is 24.1 Å². The van der Waals surface area contributed by atoms with Gasteiger partial charge in [0.2, 0.25) is 11.8 Å². The fraction of sp³-hybridized carbons (Fsp3) is 0.560. The minimum atomic E-state index is -0.632. The van der Waals surface area contributed by atoms with E-state index in [1.807, 2.05) is 17.0 Å². The number of amides is 2. The van der Waals surface area contributed by atoms with Crippen LogP contribution in [-0.2, 0) is 22.6 Å². The lowest BCUT2D eigenvalue weighted by Crippen LogP contribution is -2.49. The summed E-state index contributed by atoms with van der Waals surface area (Å²) in [5, 5.41) is 20.4. The molecule has 190 valence electrons. The summed E-state index contributed by atoms with van der Waals surface area (Å²) in [7, 11) is 0. The number of piperidine rings is 1. The summed E-state index contributed by atoms with van der Waals surface area (Å²) in [6, 6.07) is 7.06. The molecule has 5 N–H and O–H groups in total. The van der Waals surface area contributed by atoms with Gasteiger partial charge in [-0.05, 0) is 79.3 Å². The van der Waals surface area contributed by atoms with E-state index in [0.717, 1.165) is 33.4 Å². The van der Waals surface area contributed by atoms with Crippen LogP contribution in [0.4, 0.5) is 0 Å². The Bertz CT molecular complexity index is 1030. The molecule has 2 fully saturated rings. The van der Waals surface area contributed by atoms with Gasteiger partial charge in [-0.15, -0.1) is 0 Å². The Kier molecular flexibility index (Phi) is 8.66. The highest BCUT2D eigenvalue weighted by Crippen LogP contribution is 2.40. The molecule has 2 atom stereocenters. The minimum absolute atomic E-state index is 0.0297. The van der Waals surface area contributed by atoms with Gasteiger partial charge in [0, 0.05) is 44.2 Å². The zero-order valence-electron chi connectivity index (χ0n) is 20.0. The van der Waals surface area contributed by atoms with Gasteiger partial charge in [0.25, 0.3) is 0 Å². The maximum Gasteiger partial charge on any atom is 0.236 e. The van der Waals surface area contributed by atoms with E-state index in [1.165, 1.54) is 12.8 Å². The first kappa shape index (κ1) is 25.9. The molecule has 1 aliphatic heterocycles. The average Bonchev–Trinajstić information content (AvgIpc) is 3.60. The number of benzene rings is 1. The fourth-order valence-electron chi connectivity index (χ4n) is 4.38. The van der Waals surface area contributed by atoms with Crippen molar-refractivity contribution in [1.82, 2.24) is 20.7 Å². The molecule has 10 heteroatoms. The monoisotopic (exact) mass is 595 g/mol. The zero-order valence-corrected chi connectivity index (χ0v) is 22.2. The van der Waals surface area contributed by atoms with Crippen LogP contribution in [0.15, 0.2) is 28.8 Å². The SMILES string of the molecule is C[C@H](N)C(=O)NC[C@H](Cc1ccc(O)c(I)c1)C(=O)N1CCC(NCc2cc(C3CC3)on2)CC1. The van der Waals surface area contributed by atoms with Crippen molar-refractivity contribution in [2.24, 2.45) is 11.7 Å². The van der Waals surface area contributed by atoms with Gasteiger partial charge in [-0.2, -0.15) is 0 Å². The van der Waals surface area contributed by atoms with Crippen molar-refractivity contribution >= 4 is 34.4 Å². The van der Waals surface area contributed by atoms with Gasteiger partial charge in [0.15, 0.2) is 0 Å². The zero-order chi connectivity index (χ0) is 24.9. The Hall–Kier alpha value is -2.18. The van der Waals surface area contributed by atoms with Crippen LogP contribution in [0.1, 0.15) is 55.5 Å². The summed E-state index contributed by atoms with van der Waals surface area (Å²) in [5.74, 6) is 1.12. The number of nitrogens with zero attached hydrogens (tertiary/aromatic N) is 2. The highest BCUT2D eigenvalue weighted by molar-refractivity contribution is 14.1. The quantitative estimate of drug-likeness (QED) is 0.310. The molecule has 35 heavy (non-hydrogen) atoms. The standard InChI is InChI=1S/C25H34IN5O4/c1-15(27)24(33)29-13-18(10-16-2-5-22(32)21(26)11-16)25(34)31-8-6-19(7-9-31)28-14-20-12-23(35-30-20)17-3-4-17/h2,5,11-12,15,17-19,28,32H,3-4,6-10,13-14,27H2,1H3,(H,29,33)/t15-,18-/m0/s1. The normalized spacial score (nSPS) is 18.3. The van der Waals surface area contributed by atoms with Crippen LogP contribution < -0.4 is 16.4 Å².